The zero-order valence-electron chi connectivity index (χ0n) is 12.4. The molecule has 0 N–H and O–H groups in total. The predicted molar refractivity (Wildman–Crippen MR) is 97.4 cm³/mol. The highest BCUT2D eigenvalue weighted by molar-refractivity contribution is 9.10. The Hall–Kier alpha value is -1.59. The third-order valence-electron chi connectivity index (χ3n) is 3.60. The molecule has 2 aromatic rings. The lowest BCUT2D eigenvalue weighted by molar-refractivity contribution is 0.680. The van der Waals surface area contributed by atoms with Gasteiger partial charge in [0.2, 0.25) is 0 Å². The maximum Gasteiger partial charge on any atom is 0.138 e. The minimum Gasteiger partial charge on any atom is -0.376 e. The average Bonchev–Trinajstić information content (AvgIpc) is 2.89. The van der Waals surface area contributed by atoms with Gasteiger partial charge in [-0.15, -0.1) is 0 Å². The number of para-hydroxylation sites is 2. The molecule has 0 spiro atoms. The van der Waals surface area contributed by atoms with E-state index in [4.69, 9.17) is 0 Å². The minimum absolute atomic E-state index is 0.196. The van der Waals surface area contributed by atoms with Crippen molar-refractivity contribution in [1.29, 1.82) is 0 Å². The van der Waals surface area contributed by atoms with Gasteiger partial charge in [-0.2, -0.15) is 0 Å². The van der Waals surface area contributed by atoms with Crippen molar-refractivity contribution >= 4 is 38.1 Å². The summed E-state index contributed by atoms with van der Waals surface area (Å²) in [6.07, 6.45) is 1.92. The lowest BCUT2D eigenvalue weighted by Crippen LogP contribution is -2.23. The van der Waals surface area contributed by atoms with Gasteiger partial charge in [-0.25, -0.2) is 0 Å². The molecule has 1 aliphatic heterocycles. The molecule has 22 heavy (non-hydrogen) atoms. The van der Waals surface area contributed by atoms with Crippen molar-refractivity contribution in [2.45, 2.75) is 5.37 Å². The lowest BCUT2D eigenvalue weighted by atomic mass is 10.1. The summed E-state index contributed by atoms with van der Waals surface area (Å²) in [5.74, 6) is 0. The van der Waals surface area contributed by atoms with Crippen molar-refractivity contribution in [2.24, 2.45) is 0 Å². The second kappa shape index (κ2) is 6.26. The Labute approximate surface area is 141 Å². The number of benzene rings is 2. The van der Waals surface area contributed by atoms with Crippen molar-refractivity contribution in [3.05, 3.63) is 70.2 Å². The predicted octanol–water partition coefficient (Wildman–Crippen LogP) is 4.25. The molecule has 2 atom stereocenters. The van der Waals surface area contributed by atoms with Crippen LogP contribution in [0.25, 0.3) is 0 Å². The van der Waals surface area contributed by atoms with Crippen LogP contribution in [0.5, 0.6) is 0 Å². The van der Waals surface area contributed by atoms with Gasteiger partial charge in [0.15, 0.2) is 0 Å². The fraction of sp³-hybridized carbons (Fsp3) is 0.176. The third kappa shape index (κ3) is 2.83. The van der Waals surface area contributed by atoms with E-state index in [0.29, 0.717) is 0 Å². The molecule has 0 fully saturated rings. The summed E-state index contributed by atoms with van der Waals surface area (Å²) in [7, 11) is 2.97. The van der Waals surface area contributed by atoms with Crippen LogP contribution in [0.2, 0.25) is 0 Å². The van der Waals surface area contributed by atoms with Gasteiger partial charge in [-0.1, -0.05) is 40.2 Å². The molecule has 2 unspecified atom stereocenters. The Kier molecular flexibility index (Phi) is 4.36. The van der Waals surface area contributed by atoms with Crippen molar-refractivity contribution in [3.63, 3.8) is 0 Å². The highest BCUT2D eigenvalue weighted by atomic mass is 79.9. The van der Waals surface area contributed by atoms with Crippen molar-refractivity contribution < 1.29 is 4.21 Å². The van der Waals surface area contributed by atoms with E-state index in [2.05, 4.69) is 37.9 Å². The number of hydrogen-bond donors (Lipinski definition) is 0. The van der Waals surface area contributed by atoms with E-state index in [9.17, 15) is 4.21 Å². The smallest absolute Gasteiger partial charge is 0.138 e. The van der Waals surface area contributed by atoms with Crippen molar-refractivity contribution in [3.8, 4) is 0 Å². The molecule has 114 valence electrons. The summed E-state index contributed by atoms with van der Waals surface area (Å²) >= 11 is 3.50. The van der Waals surface area contributed by atoms with E-state index in [-0.39, 0.29) is 5.37 Å². The molecule has 1 heterocycles. The van der Waals surface area contributed by atoms with Crippen LogP contribution in [-0.4, -0.2) is 18.3 Å². The fourth-order valence-electron chi connectivity index (χ4n) is 2.61. The molecular formula is C17H17BrN2OS. The molecule has 0 aliphatic carbocycles. The standard InChI is InChI=1S/C17H17BrN2OS/c1-19(2)15-8-3-4-9-16(15)20-10-11-22(21)17(20)13-6-5-7-14(18)12-13/h3-12,17H,1-2H3. The molecule has 3 nitrogen and oxygen atoms in total. The lowest BCUT2D eigenvalue weighted by Gasteiger charge is -2.29. The first-order valence-electron chi connectivity index (χ1n) is 6.96. The Morgan fingerprint density at radius 1 is 1.14 bits per heavy atom. The summed E-state index contributed by atoms with van der Waals surface area (Å²) in [5.41, 5.74) is 3.19. The number of rotatable bonds is 3. The molecule has 0 saturated heterocycles. The first kappa shape index (κ1) is 15.3. The van der Waals surface area contributed by atoms with Crippen LogP contribution in [0.3, 0.4) is 0 Å². The van der Waals surface area contributed by atoms with Crippen LogP contribution >= 0.6 is 15.9 Å². The van der Waals surface area contributed by atoms with Gasteiger partial charge in [0.05, 0.1) is 22.2 Å². The molecule has 0 bridgehead atoms. The monoisotopic (exact) mass is 376 g/mol. The second-order valence-electron chi connectivity index (χ2n) is 5.31. The Morgan fingerprint density at radius 2 is 1.91 bits per heavy atom. The van der Waals surface area contributed by atoms with Crippen LogP contribution in [0.15, 0.2) is 64.6 Å². The van der Waals surface area contributed by atoms with Crippen LogP contribution in [-0.2, 0) is 10.8 Å². The Bertz CT molecular complexity index is 745. The molecule has 1 aliphatic rings. The maximum atomic E-state index is 12.5. The molecule has 0 saturated carbocycles. The van der Waals surface area contributed by atoms with Gasteiger partial charge in [-0.05, 0) is 29.8 Å². The summed E-state index contributed by atoms with van der Waals surface area (Å²) in [6, 6.07) is 16.2. The Balaban J connectivity index is 2.07. The zero-order valence-corrected chi connectivity index (χ0v) is 14.8. The average molecular weight is 377 g/mol. The molecular weight excluding hydrogens is 360 g/mol. The van der Waals surface area contributed by atoms with E-state index < -0.39 is 10.8 Å². The molecule has 2 aromatic carbocycles. The van der Waals surface area contributed by atoms with Crippen molar-refractivity contribution in [2.75, 3.05) is 23.9 Å². The summed E-state index contributed by atoms with van der Waals surface area (Å²) in [4.78, 5) is 4.16. The van der Waals surface area contributed by atoms with Crippen LogP contribution < -0.4 is 9.80 Å². The van der Waals surface area contributed by atoms with Gasteiger partial charge in [0.1, 0.15) is 5.37 Å². The molecule has 3 rings (SSSR count). The normalized spacial score (nSPS) is 20.4. The van der Waals surface area contributed by atoms with Gasteiger partial charge in [-0.3, -0.25) is 4.21 Å². The van der Waals surface area contributed by atoms with Gasteiger partial charge >= 0.3 is 0 Å². The quantitative estimate of drug-likeness (QED) is 0.799. The molecule has 5 heteroatoms. The fourth-order valence-corrected chi connectivity index (χ4v) is 4.25. The highest BCUT2D eigenvalue weighted by Crippen LogP contribution is 2.39. The molecule has 0 radical (unpaired) electrons. The first-order valence-corrected chi connectivity index (χ1v) is 9.02. The molecule has 0 amide bonds. The maximum absolute atomic E-state index is 12.5. The van der Waals surface area contributed by atoms with E-state index in [0.717, 1.165) is 21.4 Å². The van der Waals surface area contributed by atoms with Crippen LogP contribution in [0, 0.1) is 0 Å². The molecule has 0 aromatic heterocycles. The number of hydrogen-bond acceptors (Lipinski definition) is 3. The first-order chi connectivity index (χ1) is 10.6. The number of halogens is 1. The van der Waals surface area contributed by atoms with Crippen LogP contribution in [0.4, 0.5) is 11.4 Å². The Morgan fingerprint density at radius 3 is 2.64 bits per heavy atom. The highest BCUT2D eigenvalue weighted by Gasteiger charge is 2.30. The van der Waals surface area contributed by atoms with Crippen molar-refractivity contribution in [1.82, 2.24) is 0 Å². The summed E-state index contributed by atoms with van der Waals surface area (Å²) in [5, 5.41) is 1.57. The number of nitrogens with zero attached hydrogens (tertiary/aromatic N) is 2. The van der Waals surface area contributed by atoms with Crippen LogP contribution in [0.1, 0.15) is 10.9 Å². The summed E-state index contributed by atoms with van der Waals surface area (Å²) in [6.45, 7) is 0. The van der Waals surface area contributed by atoms with Gasteiger partial charge in [0, 0.05) is 30.2 Å². The van der Waals surface area contributed by atoms with Gasteiger partial charge < -0.3 is 9.80 Å². The SMILES string of the molecule is CN(C)c1ccccc1N1C=CS(=O)C1c1cccc(Br)c1. The van der Waals surface area contributed by atoms with E-state index in [1.807, 2.05) is 56.7 Å². The second-order valence-corrected chi connectivity index (χ2v) is 7.60. The van der Waals surface area contributed by atoms with E-state index in [1.165, 1.54) is 0 Å². The third-order valence-corrected chi connectivity index (χ3v) is 5.43. The minimum atomic E-state index is -1.07. The largest absolute Gasteiger partial charge is 0.376 e. The number of anilines is 2. The zero-order chi connectivity index (χ0) is 15.7. The summed E-state index contributed by atoms with van der Waals surface area (Å²) < 4.78 is 13.5. The van der Waals surface area contributed by atoms with Gasteiger partial charge in [0.25, 0.3) is 0 Å². The van der Waals surface area contributed by atoms with E-state index in [1.54, 1.807) is 5.41 Å². The topological polar surface area (TPSA) is 23.6 Å². The van der Waals surface area contributed by atoms with E-state index >= 15 is 0 Å².